The highest BCUT2D eigenvalue weighted by molar-refractivity contribution is 5.67. The van der Waals surface area contributed by atoms with E-state index in [0.29, 0.717) is 11.3 Å². The Morgan fingerprint density at radius 1 is 1.12 bits per heavy atom. The van der Waals surface area contributed by atoms with Crippen LogP contribution in [0.3, 0.4) is 0 Å². The maximum absolute atomic E-state index is 13.6. The Balaban J connectivity index is 2.60. The molecular weight excluding hydrogens is 226 g/mol. The number of methoxy groups -OCH3 is 1. The van der Waals surface area contributed by atoms with Crippen molar-refractivity contribution in [3.63, 3.8) is 0 Å². The van der Waals surface area contributed by atoms with Gasteiger partial charge in [-0.2, -0.15) is 0 Å². The molecule has 4 heteroatoms. The Morgan fingerprint density at radius 3 is 2.59 bits per heavy atom. The van der Waals surface area contributed by atoms with Crippen LogP contribution >= 0.6 is 0 Å². The summed E-state index contributed by atoms with van der Waals surface area (Å²) in [5.41, 5.74) is 0.443. The first-order chi connectivity index (χ1) is 8.11. The molecule has 0 spiro atoms. The maximum atomic E-state index is 13.6. The van der Waals surface area contributed by atoms with Gasteiger partial charge < -0.3 is 9.84 Å². The van der Waals surface area contributed by atoms with Gasteiger partial charge in [0, 0.05) is 11.6 Å². The minimum atomic E-state index is -0.944. The van der Waals surface area contributed by atoms with Crippen molar-refractivity contribution in [1.82, 2.24) is 0 Å². The Hall–Kier alpha value is -2.10. The fourth-order valence-electron chi connectivity index (χ4n) is 1.58. The first-order valence-corrected chi connectivity index (χ1v) is 4.94. The Kier molecular flexibility index (Phi) is 2.95. The van der Waals surface area contributed by atoms with E-state index in [4.69, 9.17) is 4.74 Å². The van der Waals surface area contributed by atoms with E-state index in [1.807, 2.05) is 0 Å². The number of rotatable bonds is 2. The summed E-state index contributed by atoms with van der Waals surface area (Å²) in [6.45, 7) is 0. The lowest BCUT2D eigenvalue weighted by Crippen LogP contribution is -1.90. The summed E-state index contributed by atoms with van der Waals surface area (Å²) in [7, 11) is 1.43. The van der Waals surface area contributed by atoms with Crippen LogP contribution < -0.4 is 4.74 Å². The van der Waals surface area contributed by atoms with E-state index in [1.54, 1.807) is 0 Å². The summed E-state index contributed by atoms with van der Waals surface area (Å²) in [6.07, 6.45) is 0. The third-order valence-corrected chi connectivity index (χ3v) is 2.39. The molecule has 1 N–H and O–H groups in total. The van der Waals surface area contributed by atoms with Gasteiger partial charge in [-0.15, -0.1) is 0 Å². The SMILES string of the molecule is COc1cc(O)cc(-c2cccc(F)c2F)c1. The molecule has 0 atom stereocenters. The molecule has 0 fully saturated rings. The van der Waals surface area contributed by atoms with Gasteiger partial charge in [-0.3, -0.25) is 0 Å². The minimum absolute atomic E-state index is 0.0667. The second-order valence-corrected chi connectivity index (χ2v) is 3.52. The average molecular weight is 236 g/mol. The number of hydrogen-bond acceptors (Lipinski definition) is 2. The van der Waals surface area contributed by atoms with Gasteiger partial charge in [0.15, 0.2) is 11.6 Å². The zero-order chi connectivity index (χ0) is 12.4. The molecule has 2 nitrogen and oxygen atoms in total. The highest BCUT2D eigenvalue weighted by Gasteiger charge is 2.11. The summed E-state index contributed by atoms with van der Waals surface area (Å²) in [6, 6.07) is 8.15. The summed E-state index contributed by atoms with van der Waals surface area (Å²) >= 11 is 0. The molecule has 0 aliphatic heterocycles. The van der Waals surface area contributed by atoms with Gasteiger partial charge in [-0.1, -0.05) is 12.1 Å². The summed E-state index contributed by atoms with van der Waals surface area (Å²) in [4.78, 5) is 0. The molecule has 0 saturated heterocycles. The molecule has 2 aromatic rings. The average Bonchev–Trinajstić information content (AvgIpc) is 2.31. The molecule has 0 radical (unpaired) electrons. The van der Waals surface area contributed by atoms with Crippen LogP contribution in [-0.2, 0) is 0 Å². The molecule has 0 saturated carbocycles. The van der Waals surface area contributed by atoms with Crippen LogP contribution in [0.25, 0.3) is 11.1 Å². The van der Waals surface area contributed by atoms with E-state index in [0.717, 1.165) is 6.07 Å². The second kappa shape index (κ2) is 4.41. The van der Waals surface area contributed by atoms with E-state index in [2.05, 4.69) is 0 Å². The molecule has 0 aliphatic carbocycles. The maximum Gasteiger partial charge on any atom is 0.166 e. The third-order valence-electron chi connectivity index (χ3n) is 2.39. The lowest BCUT2D eigenvalue weighted by molar-refractivity contribution is 0.408. The minimum Gasteiger partial charge on any atom is -0.508 e. The van der Waals surface area contributed by atoms with E-state index >= 15 is 0 Å². The van der Waals surface area contributed by atoms with Crippen molar-refractivity contribution in [3.8, 4) is 22.6 Å². The number of phenols is 1. The molecule has 0 unspecified atom stereocenters. The first kappa shape index (κ1) is 11.4. The predicted molar refractivity (Wildman–Crippen MR) is 60.0 cm³/mol. The quantitative estimate of drug-likeness (QED) is 0.866. The monoisotopic (exact) mass is 236 g/mol. The summed E-state index contributed by atoms with van der Waals surface area (Å²) < 4.78 is 31.6. The van der Waals surface area contributed by atoms with Crippen molar-refractivity contribution in [3.05, 3.63) is 48.0 Å². The van der Waals surface area contributed by atoms with Gasteiger partial charge in [-0.25, -0.2) is 8.78 Å². The number of hydrogen-bond donors (Lipinski definition) is 1. The first-order valence-electron chi connectivity index (χ1n) is 4.94. The third kappa shape index (κ3) is 2.20. The van der Waals surface area contributed by atoms with E-state index < -0.39 is 11.6 Å². The number of phenolic OH excluding ortho intramolecular Hbond substituents is 1. The molecule has 0 amide bonds. The summed E-state index contributed by atoms with van der Waals surface area (Å²) in [5, 5.41) is 9.45. The fraction of sp³-hybridized carbons (Fsp3) is 0.0769. The van der Waals surface area contributed by atoms with Crippen molar-refractivity contribution in [2.75, 3.05) is 7.11 Å². The number of benzene rings is 2. The molecule has 0 aliphatic rings. The van der Waals surface area contributed by atoms with Crippen LogP contribution in [0.4, 0.5) is 8.78 Å². The highest BCUT2D eigenvalue weighted by atomic mass is 19.2. The van der Waals surface area contributed by atoms with Gasteiger partial charge in [0.05, 0.1) is 7.11 Å². The van der Waals surface area contributed by atoms with E-state index in [9.17, 15) is 13.9 Å². The molecule has 88 valence electrons. The zero-order valence-corrected chi connectivity index (χ0v) is 9.08. The number of halogens is 2. The van der Waals surface area contributed by atoms with Gasteiger partial charge >= 0.3 is 0 Å². The zero-order valence-electron chi connectivity index (χ0n) is 9.08. The van der Waals surface area contributed by atoms with Crippen molar-refractivity contribution < 1.29 is 18.6 Å². The molecule has 0 bridgehead atoms. The highest BCUT2D eigenvalue weighted by Crippen LogP contribution is 2.31. The van der Waals surface area contributed by atoms with Gasteiger partial charge in [0.1, 0.15) is 11.5 Å². The van der Waals surface area contributed by atoms with Crippen LogP contribution in [-0.4, -0.2) is 12.2 Å². The lowest BCUT2D eigenvalue weighted by atomic mass is 10.0. The standard InChI is InChI=1S/C13H10F2O2/c1-17-10-6-8(5-9(16)7-10)11-3-2-4-12(14)13(11)15/h2-7,16H,1H3. The molecular formula is C13H10F2O2. The number of aromatic hydroxyl groups is 1. The topological polar surface area (TPSA) is 29.5 Å². The van der Waals surface area contributed by atoms with Gasteiger partial charge in [-0.05, 0) is 23.8 Å². The van der Waals surface area contributed by atoms with Crippen LogP contribution in [0, 0.1) is 11.6 Å². The Labute approximate surface area is 97.1 Å². The van der Waals surface area contributed by atoms with E-state index in [1.165, 1.54) is 37.4 Å². The van der Waals surface area contributed by atoms with E-state index in [-0.39, 0.29) is 11.3 Å². The van der Waals surface area contributed by atoms with Crippen LogP contribution in [0.5, 0.6) is 11.5 Å². The van der Waals surface area contributed by atoms with Gasteiger partial charge in [0.2, 0.25) is 0 Å². The van der Waals surface area contributed by atoms with Crippen molar-refractivity contribution in [2.45, 2.75) is 0 Å². The van der Waals surface area contributed by atoms with Crippen LogP contribution in [0.2, 0.25) is 0 Å². The molecule has 0 heterocycles. The van der Waals surface area contributed by atoms with Gasteiger partial charge in [0.25, 0.3) is 0 Å². The van der Waals surface area contributed by atoms with Crippen molar-refractivity contribution in [1.29, 1.82) is 0 Å². The predicted octanol–water partition coefficient (Wildman–Crippen LogP) is 3.35. The summed E-state index contributed by atoms with van der Waals surface area (Å²) in [5.74, 6) is -1.56. The normalized spacial score (nSPS) is 10.3. The molecule has 2 aromatic carbocycles. The molecule has 2 rings (SSSR count). The van der Waals surface area contributed by atoms with Crippen molar-refractivity contribution in [2.24, 2.45) is 0 Å². The second-order valence-electron chi connectivity index (χ2n) is 3.52. The molecule has 0 aromatic heterocycles. The smallest absolute Gasteiger partial charge is 0.166 e. The molecule has 17 heavy (non-hydrogen) atoms. The Morgan fingerprint density at radius 2 is 1.88 bits per heavy atom. The Bertz CT molecular complexity index is 553. The van der Waals surface area contributed by atoms with Crippen LogP contribution in [0.1, 0.15) is 0 Å². The number of ether oxygens (including phenoxy) is 1. The van der Waals surface area contributed by atoms with Crippen molar-refractivity contribution >= 4 is 0 Å². The lowest BCUT2D eigenvalue weighted by Gasteiger charge is -2.07. The van der Waals surface area contributed by atoms with Crippen LogP contribution in [0.15, 0.2) is 36.4 Å². The fourth-order valence-corrected chi connectivity index (χ4v) is 1.58. The largest absolute Gasteiger partial charge is 0.508 e.